The van der Waals surface area contributed by atoms with E-state index in [0.717, 1.165) is 16.3 Å². The zero-order valence-corrected chi connectivity index (χ0v) is 11.1. The lowest BCUT2D eigenvalue weighted by Crippen LogP contribution is -2.21. The van der Waals surface area contributed by atoms with Crippen LogP contribution in [-0.4, -0.2) is 16.7 Å². The van der Waals surface area contributed by atoms with Crippen molar-refractivity contribution in [2.45, 2.75) is 0 Å². The smallest absolute Gasteiger partial charge is 0.257 e. The second-order valence-electron chi connectivity index (χ2n) is 4.85. The summed E-state index contributed by atoms with van der Waals surface area (Å²) < 4.78 is 0. The number of nitrogens with one attached hydrogen (secondary N) is 1. The average molecular weight is 273 g/mol. The van der Waals surface area contributed by atoms with Crippen molar-refractivity contribution in [2.75, 3.05) is 0 Å². The number of hydrogen-bond acceptors (Lipinski definition) is 3. The molecule has 3 aromatic rings. The number of amidine groups is 1. The summed E-state index contributed by atoms with van der Waals surface area (Å²) in [6, 6.07) is 17.4. The first-order valence-corrected chi connectivity index (χ1v) is 6.65. The van der Waals surface area contributed by atoms with Gasteiger partial charge in [-0.2, -0.15) is 0 Å². The van der Waals surface area contributed by atoms with E-state index in [-0.39, 0.29) is 5.91 Å². The number of carbonyl (C=O) groups excluding carboxylic acids is 1. The van der Waals surface area contributed by atoms with Crippen molar-refractivity contribution in [3.05, 3.63) is 71.9 Å². The SMILES string of the molecule is O=C1N/C(=N/c2ccccn2)c2cc3ccccc3cc21. The molecular weight excluding hydrogens is 262 g/mol. The molecular formula is C17H11N3O. The molecule has 21 heavy (non-hydrogen) atoms. The minimum Gasteiger partial charge on any atom is -0.306 e. The van der Waals surface area contributed by atoms with Crippen molar-refractivity contribution in [3.63, 3.8) is 0 Å². The van der Waals surface area contributed by atoms with Crippen molar-refractivity contribution >= 4 is 28.3 Å². The first-order valence-electron chi connectivity index (χ1n) is 6.65. The number of hydrogen-bond donors (Lipinski definition) is 1. The van der Waals surface area contributed by atoms with Crippen LogP contribution in [0.4, 0.5) is 5.82 Å². The molecule has 0 bridgehead atoms. The van der Waals surface area contributed by atoms with Crippen molar-refractivity contribution in [2.24, 2.45) is 4.99 Å². The number of aromatic nitrogens is 1. The Morgan fingerprint density at radius 1 is 0.905 bits per heavy atom. The first kappa shape index (κ1) is 11.8. The summed E-state index contributed by atoms with van der Waals surface area (Å²) >= 11 is 0. The molecule has 0 atom stereocenters. The van der Waals surface area contributed by atoms with E-state index in [2.05, 4.69) is 15.3 Å². The number of aliphatic imine (C=N–C) groups is 1. The Morgan fingerprint density at radius 3 is 2.33 bits per heavy atom. The Hall–Kier alpha value is -3.01. The summed E-state index contributed by atoms with van der Waals surface area (Å²) in [4.78, 5) is 20.7. The van der Waals surface area contributed by atoms with Crippen LogP contribution in [0.3, 0.4) is 0 Å². The molecule has 2 aromatic carbocycles. The number of pyridine rings is 1. The van der Waals surface area contributed by atoms with Gasteiger partial charge in [0.05, 0.1) is 5.56 Å². The number of nitrogens with zero attached hydrogens (tertiary/aromatic N) is 2. The molecule has 1 aromatic heterocycles. The molecule has 1 aliphatic rings. The third-order valence-electron chi connectivity index (χ3n) is 3.49. The fourth-order valence-electron chi connectivity index (χ4n) is 2.49. The van der Waals surface area contributed by atoms with E-state index < -0.39 is 0 Å². The van der Waals surface area contributed by atoms with Crippen molar-refractivity contribution < 1.29 is 4.79 Å². The number of rotatable bonds is 1. The van der Waals surface area contributed by atoms with Crippen LogP contribution in [0, 0.1) is 0 Å². The number of amides is 1. The highest BCUT2D eigenvalue weighted by Gasteiger charge is 2.25. The normalized spacial score (nSPS) is 15.2. The molecule has 0 saturated carbocycles. The van der Waals surface area contributed by atoms with Crippen LogP contribution in [0.25, 0.3) is 10.8 Å². The Labute approximate surface area is 121 Å². The largest absolute Gasteiger partial charge is 0.306 e. The minimum atomic E-state index is -0.120. The summed E-state index contributed by atoms with van der Waals surface area (Å²) in [5, 5.41) is 4.95. The van der Waals surface area contributed by atoms with Gasteiger partial charge in [-0.25, -0.2) is 9.98 Å². The summed E-state index contributed by atoms with van der Waals surface area (Å²) in [5.74, 6) is 1.01. The molecule has 0 saturated heterocycles. The highest BCUT2D eigenvalue weighted by atomic mass is 16.2. The summed E-state index contributed by atoms with van der Waals surface area (Å²) in [7, 11) is 0. The Kier molecular flexibility index (Phi) is 2.54. The quantitative estimate of drug-likeness (QED) is 0.740. The fourth-order valence-corrected chi connectivity index (χ4v) is 2.49. The maximum Gasteiger partial charge on any atom is 0.257 e. The van der Waals surface area contributed by atoms with Gasteiger partial charge in [0.1, 0.15) is 5.84 Å². The molecule has 0 aliphatic carbocycles. The van der Waals surface area contributed by atoms with Gasteiger partial charge in [-0.15, -0.1) is 0 Å². The number of benzene rings is 2. The van der Waals surface area contributed by atoms with Gasteiger partial charge >= 0.3 is 0 Å². The molecule has 1 aliphatic heterocycles. The second kappa shape index (κ2) is 4.52. The molecule has 2 heterocycles. The van der Waals surface area contributed by atoms with Gasteiger partial charge < -0.3 is 5.32 Å². The van der Waals surface area contributed by atoms with Crippen molar-refractivity contribution in [1.82, 2.24) is 10.3 Å². The van der Waals surface area contributed by atoms with Crippen molar-refractivity contribution in [3.8, 4) is 0 Å². The van der Waals surface area contributed by atoms with Gasteiger partial charge in [-0.1, -0.05) is 30.3 Å². The van der Waals surface area contributed by atoms with Gasteiger partial charge in [0.15, 0.2) is 5.82 Å². The number of carbonyl (C=O) groups is 1. The lowest BCUT2D eigenvalue weighted by atomic mass is 10.0. The van der Waals surface area contributed by atoms with E-state index in [1.165, 1.54) is 0 Å². The lowest BCUT2D eigenvalue weighted by Gasteiger charge is -2.02. The van der Waals surface area contributed by atoms with Gasteiger partial charge in [-0.05, 0) is 35.0 Å². The van der Waals surface area contributed by atoms with E-state index in [1.54, 1.807) is 12.3 Å². The van der Waals surface area contributed by atoms with E-state index in [0.29, 0.717) is 17.2 Å². The minimum absolute atomic E-state index is 0.120. The molecule has 4 rings (SSSR count). The van der Waals surface area contributed by atoms with E-state index in [1.807, 2.05) is 48.5 Å². The van der Waals surface area contributed by atoms with Crippen LogP contribution in [-0.2, 0) is 0 Å². The van der Waals surface area contributed by atoms with Crippen LogP contribution in [0.2, 0.25) is 0 Å². The molecule has 1 N–H and O–H groups in total. The molecule has 0 fully saturated rings. The lowest BCUT2D eigenvalue weighted by molar-refractivity contribution is 0.0983. The van der Waals surface area contributed by atoms with Crippen LogP contribution in [0.15, 0.2) is 65.8 Å². The zero-order valence-electron chi connectivity index (χ0n) is 11.1. The van der Waals surface area contributed by atoms with Crippen LogP contribution in [0.5, 0.6) is 0 Å². The van der Waals surface area contributed by atoms with E-state index >= 15 is 0 Å². The zero-order chi connectivity index (χ0) is 14.2. The van der Waals surface area contributed by atoms with Crippen molar-refractivity contribution in [1.29, 1.82) is 0 Å². The summed E-state index contributed by atoms with van der Waals surface area (Å²) in [6.45, 7) is 0. The Morgan fingerprint density at radius 2 is 1.62 bits per heavy atom. The van der Waals surface area contributed by atoms with Crippen LogP contribution >= 0.6 is 0 Å². The second-order valence-corrected chi connectivity index (χ2v) is 4.85. The molecule has 100 valence electrons. The highest BCUT2D eigenvalue weighted by molar-refractivity contribution is 6.25. The molecule has 4 nitrogen and oxygen atoms in total. The molecule has 0 radical (unpaired) electrons. The topological polar surface area (TPSA) is 54.4 Å². The van der Waals surface area contributed by atoms with E-state index in [4.69, 9.17) is 0 Å². The highest BCUT2D eigenvalue weighted by Crippen LogP contribution is 2.24. The fraction of sp³-hybridized carbons (Fsp3) is 0. The van der Waals surface area contributed by atoms with Crippen LogP contribution in [0.1, 0.15) is 15.9 Å². The average Bonchev–Trinajstić information content (AvgIpc) is 2.82. The molecule has 0 spiro atoms. The predicted octanol–water partition coefficient (Wildman–Crippen LogP) is 3.06. The van der Waals surface area contributed by atoms with Gasteiger partial charge in [-0.3, -0.25) is 4.79 Å². The molecule has 4 heteroatoms. The molecule has 0 unspecified atom stereocenters. The van der Waals surface area contributed by atoms with Gasteiger partial charge in [0.25, 0.3) is 5.91 Å². The third-order valence-corrected chi connectivity index (χ3v) is 3.49. The summed E-state index contributed by atoms with van der Waals surface area (Å²) in [6.07, 6.45) is 1.68. The maximum absolute atomic E-state index is 12.1. The monoisotopic (exact) mass is 273 g/mol. The maximum atomic E-state index is 12.1. The number of fused-ring (bicyclic) bond motifs is 2. The summed E-state index contributed by atoms with van der Waals surface area (Å²) in [5.41, 5.74) is 1.48. The van der Waals surface area contributed by atoms with Crippen LogP contribution < -0.4 is 5.32 Å². The van der Waals surface area contributed by atoms with E-state index in [9.17, 15) is 4.79 Å². The third kappa shape index (κ3) is 1.97. The molecule has 1 amide bonds. The Balaban J connectivity index is 1.91. The first-order chi connectivity index (χ1) is 10.3. The predicted molar refractivity (Wildman–Crippen MR) is 81.8 cm³/mol. The Bertz CT molecular complexity index is 885. The van der Waals surface area contributed by atoms with Gasteiger partial charge in [0.2, 0.25) is 0 Å². The van der Waals surface area contributed by atoms with Gasteiger partial charge in [0, 0.05) is 11.8 Å². The standard InChI is InChI=1S/C17H11N3O/c21-17-14-10-12-6-2-1-5-11(12)9-13(14)16(20-17)19-15-7-3-4-8-18-15/h1-10H,(H,18,19,20,21).